The maximum Gasteiger partial charge on any atom is 1.00 e. The van der Waals surface area contributed by atoms with Crippen molar-refractivity contribution in [3.63, 3.8) is 0 Å². The van der Waals surface area contributed by atoms with Crippen molar-refractivity contribution in [3.8, 4) is 5.75 Å². The third kappa shape index (κ3) is 5.94. The molecule has 0 atom stereocenters. The standard InChI is InChI=1S/C8H9BF3O2.K/c10-9(11,12)6-14-8-4-2-1-3-7(8)5-13;/h1-4,13H,5-6H2;/q-1;+1. The summed E-state index contributed by atoms with van der Waals surface area (Å²) in [7, 11) is 0. The van der Waals surface area contributed by atoms with E-state index in [1.54, 1.807) is 12.1 Å². The summed E-state index contributed by atoms with van der Waals surface area (Å²) < 4.78 is 40.1. The molecule has 0 bridgehead atoms. The summed E-state index contributed by atoms with van der Waals surface area (Å²) in [5, 5.41) is 8.79. The molecular formula is C8H9BF3KO2. The van der Waals surface area contributed by atoms with E-state index >= 15 is 0 Å². The van der Waals surface area contributed by atoms with Gasteiger partial charge in [-0.1, -0.05) is 18.2 Å². The topological polar surface area (TPSA) is 29.5 Å². The third-order valence-corrected chi connectivity index (χ3v) is 1.57. The summed E-state index contributed by atoms with van der Waals surface area (Å²) in [5.41, 5.74) is 0.354. The molecule has 1 N–H and O–H groups in total. The second kappa shape index (κ2) is 6.93. The molecule has 78 valence electrons. The maximum absolute atomic E-state index is 11.9. The van der Waals surface area contributed by atoms with Crippen molar-refractivity contribution in [2.75, 3.05) is 6.51 Å². The van der Waals surface area contributed by atoms with Crippen LogP contribution in [0.3, 0.4) is 0 Å². The smallest absolute Gasteiger partial charge is 0.521 e. The van der Waals surface area contributed by atoms with Gasteiger partial charge in [0.2, 0.25) is 0 Å². The van der Waals surface area contributed by atoms with Crippen molar-refractivity contribution in [2.24, 2.45) is 0 Å². The molecule has 0 heterocycles. The van der Waals surface area contributed by atoms with Gasteiger partial charge in [0.15, 0.2) is 0 Å². The first-order valence-corrected chi connectivity index (χ1v) is 4.05. The fourth-order valence-electron chi connectivity index (χ4n) is 0.960. The Morgan fingerprint density at radius 2 is 1.80 bits per heavy atom. The van der Waals surface area contributed by atoms with Crippen molar-refractivity contribution < 1.29 is 74.2 Å². The van der Waals surface area contributed by atoms with Crippen LogP contribution in [0.1, 0.15) is 5.56 Å². The van der Waals surface area contributed by atoms with E-state index in [0.717, 1.165) is 0 Å². The van der Waals surface area contributed by atoms with Crippen LogP contribution in [0.4, 0.5) is 12.9 Å². The number of hydrogen-bond donors (Lipinski definition) is 1. The quantitative estimate of drug-likeness (QED) is 0.685. The molecule has 0 fully saturated rings. The molecule has 1 aromatic carbocycles. The molecule has 0 saturated carbocycles. The van der Waals surface area contributed by atoms with Crippen LogP contribution in [0.25, 0.3) is 0 Å². The molecule has 1 aromatic rings. The van der Waals surface area contributed by atoms with Crippen LogP contribution in [0, 0.1) is 0 Å². The molecule has 0 spiro atoms. The molecular weight excluding hydrogens is 235 g/mol. The van der Waals surface area contributed by atoms with Crippen molar-refractivity contribution >= 4 is 6.98 Å². The monoisotopic (exact) mass is 244 g/mol. The molecule has 0 unspecified atom stereocenters. The van der Waals surface area contributed by atoms with E-state index in [4.69, 9.17) is 5.11 Å². The second-order valence-electron chi connectivity index (χ2n) is 2.79. The number of aliphatic hydroxyl groups is 1. The summed E-state index contributed by atoms with van der Waals surface area (Å²) >= 11 is 0. The molecule has 1 rings (SSSR count). The zero-order valence-electron chi connectivity index (χ0n) is 8.29. The molecule has 0 aliphatic rings. The third-order valence-electron chi connectivity index (χ3n) is 1.57. The van der Waals surface area contributed by atoms with Crippen LogP contribution in [-0.2, 0) is 6.61 Å². The SMILES string of the molecule is OCc1ccccc1OC[B-](F)(F)F.[K+]. The van der Waals surface area contributed by atoms with Crippen LogP contribution in [-0.4, -0.2) is 18.6 Å². The number of aliphatic hydroxyl groups excluding tert-OH is 1. The normalized spacial score (nSPS) is 10.7. The van der Waals surface area contributed by atoms with Crippen LogP contribution in [0.15, 0.2) is 24.3 Å². The molecule has 7 heteroatoms. The Kier molecular flexibility index (Phi) is 7.14. The largest absolute Gasteiger partial charge is 1.00 e. The maximum atomic E-state index is 11.9. The first-order chi connectivity index (χ1) is 6.53. The summed E-state index contributed by atoms with van der Waals surface area (Å²) in [5.74, 6) is 0.0780. The average Bonchev–Trinajstić information content (AvgIpc) is 2.14. The fourth-order valence-corrected chi connectivity index (χ4v) is 0.960. The minimum absolute atomic E-state index is 0. The Labute approximate surface area is 128 Å². The van der Waals surface area contributed by atoms with Crippen molar-refractivity contribution in [1.29, 1.82) is 0 Å². The van der Waals surface area contributed by atoms with E-state index in [-0.39, 0.29) is 63.7 Å². The van der Waals surface area contributed by atoms with Crippen LogP contribution < -0.4 is 56.1 Å². The summed E-state index contributed by atoms with van der Waals surface area (Å²) in [6.45, 7) is -6.57. The van der Waals surface area contributed by atoms with Gasteiger partial charge in [0.25, 0.3) is 0 Å². The molecule has 0 aromatic heterocycles. The molecule has 0 amide bonds. The molecule has 0 aliphatic heterocycles. The minimum atomic E-state index is -4.95. The van der Waals surface area contributed by atoms with Gasteiger partial charge < -0.3 is 22.8 Å². The minimum Gasteiger partial charge on any atom is -0.521 e. The number of halogens is 3. The Morgan fingerprint density at radius 1 is 1.20 bits per heavy atom. The van der Waals surface area contributed by atoms with Gasteiger partial charge in [0.1, 0.15) is 5.75 Å². The Balaban J connectivity index is 0.00000196. The number of hydrogen-bond acceptors (Lipinski definition) is 2. The van der Waals surface area contributed by atoms with Crippen LogP contribution in [0.2, 0.25) is 0 Å². The Hall–Kier alpha value is 0.471. The van der Waals surface area contributed by atoms with E-state index in [0.29, 0.717) is 5.56 Å². The van der Waals surface area contributed by atoms with Gasteiger partial charge in [-0.3, -0.25) is 0 Å². The average molecular weight is 244 g/mol. The van der Waals surface area contributed by atoms with E-state index in [1.165, 1.54) is 12.1 Å². The summed E-state index contributed by atoms with van der Waals surface area (Å²) in [6.07, 6.45) is 0. The van der Waals surface area contributed by atoms with Gasteiger partial charge in [-0.25, -0.2) is 0 Å². The van der Waals surface area contributed by atoms with Gasteiger partial charge in [-0.05, 0) is 6.07 Å². The van der Waals surface area contributed by atoms with Crippen molar-refractivity contribution in [2.45, 2.75) is 6.61 Å². The van der Waals surface area contributed by atoms with Gasteiger partial charge in [0, 0.05) is 5.56 Å². The number of benzene rings is 1. The van der Waals surface area contributed by atoms with Gasteiger partial charge in [-0.15, -0.1) is 0 Å². The number of rotatable bonds is 4. The fraction of sp³-hybridized carbons (Fsp3) is 0.250. The van der Waals surface area contributed by atoms with Crippen molar-refractivity contribution in [3.05, 3.63) is 29.8 Å². The van der Waals surface area contributed by atoms with Crippen molar-refractivity contribution in [1.82, 2.24) is 0 Å². The first kappa shape index (κ1) is 15.5. The second-order valence-corrected chi connectivity index (χ2v) is 2.79. The molecule has 15 heavy (non-hydrogen) atoms. The Bertz CT molecular complexity index is 306. The van der Waals surface area contributed by atoms with E-state index in [2.05, 4.69) is 4.74 Å². The van der Waals surface area contributed by atoms with Gasteiger partial charge in [-0.2, -0.15) is 0 Å². The summed E-state index contributed by atoms with van der Waals surface area (Å²) in [6, 6.07) is 6.08. The molecule has 0 saturated heterocycles. The summed E-state index contributed by atoms with van der Waals surface area (Å²) in [4.78, 5) is 0. The molecule has 2 nitrogen and oxygen atoms in total. The van der Waals surface area contributed by atoms with Gasteiger partial charge >= 0.3 is 58.4 Å². The van der Waals surface area contributed by atoms with Crippen LogP contribution >= 0.6 is 0 Å². The van der Waals surface area contributed by atoms with E-state index < -0.39 is 13.5 Å². The first-order valence-electron chi connectivity index (χ1n) is 4.05. The predicted octanol–water partition coefficient (Wildman–Crippen LogP) is -1.05. The van der Waals surface area contributed by atoms with E-state index in [1.807, 2.05) is 0 Å². The van der Waals surface area contributed by atoms with Gasteiger partial charge in [0.05, 0.1) is 13.1 Å². The number of ether oxygens (including phenoxy) is 1. The number of para-hydroxylation sites is 1. The predicted molar refractivity (Wildman–Crippen MR) is 46.9 cm³/mol. The van der Waals surface area contributed by atoms with Crippen LogP contribution in [0.5, 0.6) is 5.75 Å². The van der Waals surface area contributed by atoms with E-state index in [9.17, 15) is 12.9 Å². The Morgan fingerprint density at radius 3 is 2.33 bits per heavy atom. The molecule has 0 radical (unpaired) electrons. The zero-order chi connectivity index (χ0) is 10.6. The molecule has 0 aliphatic carbocycles. The zero-order valence-corrected chi connectivity index (χ0v) is 11.4.